The summed E-state index contributed by atoms with van der Waals surface area (Å²) in [6.07, 6.45) is -4.00. The van der Waals surface area contributed by atoms with Crippen LogP contribution in [0.2, 0.25) is 15.1 Å². The Bertz CT molecular complexity index is 852. The summed E-state index contributed by atoms with van der Waals surface area (Å²) in [6, 6.07) is 4.94. The number of hydrogen-bond donors (Lipinski definition) is 0. The molecule has 0 radical (unpaired) electrons. The van der Waals surface area contributed by atoms with Gasteiger partial charge in [-0.2, -0.15) is 13.2 Å². The number of benzene rings is 1. The van der Waals surface area contributed by atoms with Crippen LogP contribution in [0.3, 0.4) is 0 Å². The molecule has 1 aromatic carbocycles. The van der Waals surface area contributed by atoms with E-state index in [-0.39, 0.29) is 22.2 Å². The van der Waals surface area contributed by atoms with Crippen LogP contribution in [0, 0.1) is 0 Å². The normalized spacial score (nSPS) is 13.1. The van der Waals surface area contributed by atoms with Gasteiger partial charge in [-0.3, -0.25) is 9.00 Å². The number of aryl methyl sites for hydroxylation is 1. The maximum atomic E-state index is 12.8. The number of nitrogens with zero attached hydrogens (tertiary/aromatic N) is 1. The van der Waals surface area contributed by atoms with Crippen molar-refractivity contribution in [3.8, 4) is 0 Å². The quantitative estimate of drug-likeness (QED) is 0.726. The Morgan fingerprint density at radius 1 is 1.08 bits per heavy atom. The van der Waals surface area contributed by atoms with Crippen LogP contribution in [0.5, 0.6) is 0 Å². The van der Waals surface area contributed by atoms with Gasteiger partial charge in [0.1, 0.15) is 5.02 Å². The molecule has 0 fully saturated rings. The molecule has 0 aliphatic heterocycles. The third-order valence-electron chi connectivity index (χ3n) is 3.03. The molecule has 0 aliphatic carbocycles. The Morgan fingerprint density at radius 2 is 1.75 bits per heavy atom. The zero-order valence-corrected chi connectivity index (χ0v) is 14.8. The molecule has 0 spiro atoms. The Morgan fingerprint density at radius 3 is 2.38 bits per heavy atom. The number of pyridine rings is 1. The first-order valence-corrected chi connectivity index (χ1v) is 8.85. The summed E-state index contributed by atoms with van der Waals surface area (Å²) in [4.78, 5) is 12.1. The van der Waals surface area contributed by atoms with E-state index in [1.807, 2.05) is 0 Å². The van der Waals surface area contributed by atoms with Gasteiger partial charge >= 0.3 is 6.18 Å². The third kappa shape index (κ3) is 4.53. The third-order valence-corrected chi connectivity index (χ3v) is 5.35. The van der Waals surface area contributed by atoms with Crippen molar-refractivity contribution in [2.75, 3.05) is 5.75 Å². The first kappa shape index (κ1) is 19.3. The summed E-state index contributed by atoms with van der Waals surface area (Å²) >= 11 is 17.3. The molecule has 10 heteroatoms. The predicted molar refractivity (Wildman–Crippen MR) is 88.5 cm³/mol. The van der Waals surface area contributed by atoms with E-state index in [4.69, 9.17) is 34.8 Å². The molecular weight excluding hydrogens is 410 g/mol. The number of rotatable bonds is 4. The molecule has 3 nitrogen and oxygen atoms in total. The zero-order valence-electron chi connectivity index (χ0n) is 11.7. The lowest BCUT2D eigenvalue weighted by molar-refractivity contribution is -0.138. The molecule has 1 heterocycles. The lowest BCUT2D eigenvalue weighted by Gasteiger charge is -2.12. The molecule has 0 saturated carbocycles. The van der Waals surface area contributed by atoms with Crippen molar-refractivity contribution in [1.82, 2.24) is 4.57 Å². The Kier molecular flexibility index (Phi) is 6.01. The van der Waals surface area contributed by atoms with Crippen molar-refractivity contribution in [2.24, 2.45) is 0 Å². The van der Waals surface area contributed by atoms with E-state index in [1.54, 1.807) is 0 Å². The van der Waals surface area contributed by atoms with Gasteiger partial charge in [-0.15, -0.1) is 0 Å². The summed E-state index contributed by atoms with van der Waals surface area (Å²) in [7, 11) is -1.65. The highest BCUT2D eigenvalue weighted by molar-refractivity contribution is 7.85. The van der Waals surface area contributed by atoms with Gasteiger partial charge in [0.2, 0.25) is 0 Å². The van der Waals surface area contributed by atoms with Gasteiger partial charge < -0.3 is 4.57 Å². The van der Waals surface area contributed by atoms with E-state index in [2.05, 4.69) is 0 Å². The summed E-state index contributed by atoms with van der Waals surface area (Å²) < 4.78 is 51.4. The molecule has 1 atom stereocenters. The molecule has 130 valence electrons. The Balaban J connectivity index is 2.26. The summed E-state index contributed by atoms with van der Waals surface area (Å²) in [5, 5.41) is -0.0226. The monoisotopic (exact) mass is 417 g/mol. The molecular formula is C14H9Cl3F3NO2S. The van der Waals surface area contributed by atoms with Crippen molar-refractivity contribution in [2.45, 2.75) is 17.6 Å². The SMILES string of the molecule is O=c1c(Cl)cc(C(F)(F)F)cn1CC[S@@](=O)c1cc(Cl)ccc1Cl. The summed E-state index contributed by atoms with van der Waals surface area (Å²) in [5.41, 5.74) is -1.85. The highest BCUT2D eigenvalue weighted by Crippen LogP contribution is 2.29. The average molecular weight is 419 g/mol. The lowest BCUT2D eigenvalue weighted by Crippen LogP contribution is -2.25. The topological polar surface area (TPSA) is 39.1 Å². The standard InChI is InChI=1S/C14H9Cl3F3NO2S/c15-9-1-2-10(16)12(6-9)24(23)4-3-21-7-8(14(18,19)20)5-11(17)13(21)22/h1-2,5-7H,3-4H2/t24-/m1/s1. The van der Waals surface area contributed by atoms with Crippen molar-refractivity contribution in [3.05, 3.63) is 61.4 Å². The second-order valence-electron chi connectivity index (χ2n) is 4.70. The van der Waals surface area contributed by atoms with Gasteiger partial charge in [-0.1, -0.05) is 34.8 Å². The molecule has 1 aromatic heterocycles. The van der Waals surface area contributed by atoms with Gasteiger partial charge in [0.05, 0.1) is 26.3 Å². The number of halogens is 6. The molecule has 0 N–H and O–H groups in total. The minimum absolute atomic E-state index is 0.127. The van der Waals surface area contributed by atoms with Gasteiger partial charge in [0, 0.05) is 23.5 Å². The summed E-state index contributed by atoms with van der Waals surface area (Å²) in [6.45, 7) is -0.224. The minimum atomic E-state index is -4.64. The first-order chi connectivity index (χ1) is 11.1. The van der Waals surface area contributed by atoms with Gasteiger partial charge in [-0.25, -0.2) is 0 Å². The van der Waals surface area contributed by atoms with Crippen molar-refractivity contribution in [3.63, 3.8) is 0 Å². The fraction of sp³-hybridized carbons (Fsp3) is 0.214. The van der Waals surface area contributed by atoms with Crippen molar-refractivity contribution >= 4 is 45.6 Å². The molecule has 2 aromatic rings. The molecule has 0 bridgehead atoms. The van der Waals surface area contributed by atoms with Crippen molar-refractivity contribution < 1.29 is 17.4 Å². The smallest absolute Gasteiger partial charge is 0.313 e. The second kappa shape index (κ2) is 7.47. The van der Waals surface area contributed by atoms with Gasteiger partial charge in [-0.05, 0) is 24.3 Å². The van der Waals surface area contributed by atoms with E-state index in [9.17, 15) is 22.2 Å². The fourth-order valence-corrected chi connectivity index (χ4v) is 3.83. The molecule has 2 rings (SSSR count). The average Bonchev–Trinajstić information content (AvgIpc) is 2.49. The summed E-state index contributed by atoms with van der Waals surface area (Å²) in [5.74, 6) is -0.127. The van der Waals surface area contributed by atoms with Gasteiger partial charge in [0.15, 0.2) is 0 Å². The van der Waals surface area contributed by atoms with Crippen LogP contribution in [0.25, 0.3) is 0 Å². The highest BCUT2D eigenvalue weighted by Gasteiger charge is 2.32. The van der Waals surface area contributed by atoms with Crippen molar-refractivity contribution in [1.29, 1.82) is 0 Å². The van der Waals surface area contributed by atoms with Crippen LogP contribution in [0.15, 0.2) is 40.2 Å². The second-order valence-corrected chi connectivity index (χ2v) is 7.49. The van der Waals surface area contributed by atoms with E-state index >= 15 is 0 Å². The van der Waals surface area contributed by atoms with Crippen LogP contribution >= 0.6 is 34.8 Å². The zero-order chi connectivity index (χ0) is 18.1. The van der Waals surface area contributed by atoms with Crippen LogP contribution < -0.4 is 5.56 Å². The molecule has 0 unspecified atom stereocenters. The van der Waals surface area contributed by atoms with Gasteiger partial charge in [0.25, 0.3) is 5.56 Å². The lowest BCUT2D eigenvalue weighted by atomic mass is 10.3. The van der Waals surface area contributed by atoms with E-state index in [1.165, 1.54) is 18.2 Å². The number of alkyl halides is 3. The Labute approximate surface area is 152 Å². The Hall–Kier alpha value is -1.02. The molecule has 0 aliphatic rings. The first-order valence-electron chi connectivity index (χ1n) is 6.40. The van der Waals surface area contributed by atoms with Crippen LogP contribution in [-0.4, -0.2) is 14.5 Å². The maximum Gasteiger partial charge on any atom is 0.417 e. The largest absolute Gasteiger partial charge is 0.417 e. The minimum Gasteiger partial charge on any atom is -0.313 e. The predicted octanol–water partition coefficient (Wildman–Crippen LogP) is 4.64. The fourth-order valence-electron chi connectivity index (χ4n) is 1.86. The van der Waals surface area contributed by atoms with Crippen LogP contribution in [0.1, 0.15) is 5.56 Å². The molecule has 0 saturated heterocycles. The molecule has 24 heavy (non-hydrogen) atoms. The van der Waals surface area contributed by atoms with E-state index in [0.29, 0.717) is 17.3 Å². The van der Waals surface area contributed by atoms with Crippen LogP contribution in [0.4, 0.5) is 13.2 Å². The molecule has 0 amide bonds. The number of hydrogen-bond acceptors (Lipinski definition) is 2. The number of aromatic nitrogens is 1. The van der Waals surface area contributed by atoms with Crippen LogP contribution in [-0.2, 0) is 23.5 Å². The van der Waals surface area contributed by atoms with E-state index in [0.717, 1.165) is 4.57 Å². The van der Waals surface area contributed by atoms with E-state index < -0.39 is 33.1 Å². The highest BCUT2D eigenvalue weighted by atomic mass is 35.5. The maximum absolute atomic E-state index is 12.8.